The number of nitrogens with zero attached hydrogens (tertiary/aromatic N) is 4. The molecule has 34 heavy (non-hydrogen) atoms. The second-order valence-electron chi connectivity index (χ2n) is 7.48. The van der Waals surface area contributed by atoms with Gasteiger partial charge in [0, 0.05) is 24.1 Å². The first kappa shape index (κ1) is 23.2. The molecule has 0 amide bonds. The van der Waals surface area contributed by atoms with Crippen molar-refractivity contribution in [3.8, 4) is 23.2 Å². The third-order valence-corrected chi connectivity index (χ3v) is 6.33. The Morgan fingerprint density at radius 1 is 0.941 bits per heavy atom. The number of hydrogen-bond donors (Lipinski definition) is 1. The number of ether oxygens (including phenoxy) is 2. The summed E-state index contributed by atoms with van der Waals surface area (Å²) in [7, 11) is -3.73. The minimum Gasteiger partial charge on any atom is -0.494 e. The van der Waals surface area contributed by atoms with Crippen LogP contribution >= 0.6 is 0 Å². The summed E-state index contributed by atoms with van der Waals surface area (Å²) in [5.41, 5.74) is 0.410. The number of sulfonamides is 1. The number of aromatic nitrogens is 4. The Kier molecular flexibility index (Phi) is 7.07. The molecule has 9 nitrogen and oxygen atoms in total. The van der Waals surface area contributed by atoms with Crippen LogP contribution in [0.3, 0.4) is 0 Å². The van der Waals surface area contributed by atoms with E-state index >= 15 is 0 Å². The highest BCUT2D eigenvalue weighted by molar-refractivity contribution is 7.92. The number of hydrogen-bond acceptors (Lipinski definition) is 7. The van der Waals surface area contributed by atoms with E-state index in [0.717, 1.165) is 18.7 Å². The van der Waals surface area contributed by atoms with Gasteiger partial charge in [-0.25, -0.2) is 13.4 Å². The smallest absolute Gasteiger partial charge is 0.261 e. The fraction of sp³-hybridized carbons (Fsp3) is 0.208. The molecule has 0 atom stereocenters. The van der Waals surface area contributed by atoms with Gasteiger partial charge in [-0.05, 0) is 67.9 Å². The van der Waals surface area contributed by atoms with Gasteiger partial charge in [0.1, 0.15) is 17.3 Å². The minimum absolute atomic E-state index is 0.152. The number of nitrogens with one attached hydrogen (secondary N) is 1. The quantitative estimate of drug-likeness (QED) is 0.327. The summed E-state index contributed by atoms with van der Waals surface area (Å²) in [4.78, 5) is 4.31. The Hall–Kier alpha value is -3.92. The Morgan fingerprint density at radius 2 is 1.68 bits per heavy atom. The fourth-order valence-corrected chi connectivity index (χ4v) is 4.15. The number of imidazole rings is 1. The maximum absolute atomic E-state index is 12.7. The molecule has 0 bridgehead atoms. The monoisotopic (exact) mass is 479 g/mol. The molecular formula is C24H25N5O4S. The van der Waals surface area contributed by atoms with Crippen LogP contribution in [0.25, 0.3) is 5.82 Å². The Bertz CT molecular complexity index is 1320. The zero-order chi connectivity index (χ0) is 24.0. The highest BCUT2D eigenvalue weighted by Crippen LogP contribution is 2.24. The van der Waals surface area contributed by atoms with Crippen molar-refractivity contribution in [3.05, 3.63) is 78.9 Å². The maximum atomic E-state index is 12.7. The summed E-state index contributed by atoms with van der Waals surface area (Å²) in [5.74, 6) is 2.89. The number of aryl methyl sites for hydroxylation is 1. The largest absolute Gasteiger partial charge is 0.494 e. The highest BCUT2D eigenvalue weighted by Gasteiger charge is 2.14. The topological polar surface area (TPSA) is 108 Å². The van der Waals surface area contributed by atoms with Gasteiger partial charge in [-0.3, -0.25) is 9.29 Å². The van der Waals surface area contributed by atoms with Gasteiger partial charge < -0.3 is 9.47 Å². The third kappa shape index (κ3) is 5.70. The summed E-state index contributed by atoms with van der Waals surface area (Å²) in [6.07, 6.45) is 5.47. The highest BCUT2D eigenvalue weighted by atomic mass is 32.2. The van der Waals surface area contributed by atoms with Crippen molar-refractivity contribution in [1.29, 1.82) is 0 Å². The third-order valence-electron chi connectivity index (χ3n) is 4.93. The zero-order valence-corrected chi connectivity index (χ0v) is 19.7. The lowest BCUT2D eigenvalue weighted by atomic mass is 10.3. The van der Waals surface area contributed by atoms with E-state index in [-0.39, 0.29) is 4.90 Å². The molecule has 0 aliphatic rings. The number of benzene rings is 2. The molecule has 10 heteroatoms. The fourth-order valence-electron chi connectivity index (χ4n) is 3.09. The molecule has 4 rings (SSSR count). The van der Waals surface area contributed by atoms with Gasteiger partial charge in [0.05, 0.1) is 11.5 Å². The predicted molar refractivity (Wildman–Crippen MR) is 128 cm³/mol. The van der Waals surface area contributed by atoms with Crippen LogP contribution in [-0.4, -0.2) is 34.8 Å². The lowest BCUT2D eigenvalue weighted by Gasteiger charge is -2.10. The summed E-state index contributed by atoms with van der Waals surface area (Å²) >= 11 is 0. The SMILES string of the molecule is CCCCOc1ccc(S(=O)(=O)Nc2ccc(Oc3ccc(-n4ccnc4C)nn3)cc2)cc1. The molecule has 0 aliphatic carbocycles. The van der Waals surface area contributed by atoms with Crippen LogP contribution in [0.1, 0.15) is 25.6 Å². The van der Waals surface area contributed by atoms with E-state index in [2.05, 4.69) is 26.8 Å². The maximum Gasteiger partial charge on any atom is 0.261 e. The molecule has 176 valence electrons. The second-order valence-corrected chi connectivity index (χ2v) is 9.16. The Labute approximate surface area is 198 Å². The van der Waals surface area contributed by atoms with Gasteiger partial charge >= 0.3 is 0 Å². The summed E-state index contributed by atoms with van der Waals surface area (Å²) < 4.78 is 41.1. The molecular weight excluding hydrogens is 454 g/mol. The Balaban J connectivity index is 1.37. The van der Waals surface area contributed by atoms with Crippen molar-refractivity contribution in [3.63, 3.8) is 0 Å². The van der Waals surface area contributed by atoms with E-state index in [4.69, 9.17) is 9.47 Å². The molecule has 0 saturated heterocycles. The summed E-state index contributed by atoms with van der Waals surface area (Å²) in [6.45, 7) is 4.56. The van der Waals surface area contributed by atoms with Crippen molar-refractivity contribution in [2.24, 2.45) is 0 Å². The van der Waals surface area contributed by atoms with Crippen LogP contribution in [0.4, 0.5) is 5.69 Å². The molecule has 0 fully saturated rings. The summed E-state index contributed by atoms with van der Waals surface area (Å²) in [6, 6.07) is 16.4. The lowest BCUT2D eigenvalue weighted by molar-refractivity contribution is 0.309. The van der Waals surface area contributed by atoms with E-state index in [1.165, 1.54) is 12.1 Å². The Morgan fingerprint density at radius 3 is 2.29 bits per heavy atom. The van der Waals surface area contributed by atoms with Crippen molar-refractivity contribution in [2.75, 3.05) is 11.3 Å². The van der Waals surface area contributed by atoms with Crippen molar-refractivity contribution < 1.29 is 17.9 Å². The normalized spacial score (nSPS) is 11.2. The van der Waals surface area contributed by atoms with Crippen LogP contribution in [0, 0.1) is 6.92 Å². The van der Waals surface area contributed by atoms with Gasteiger partial charge in [0.25, 0.3) is 10.0 Å². The first-order valence-corrected chi connectivity index (χ1v) is 12.3. The van der Waals surface area contributed by atoms with Gasteiger partial charge in [0.15, 0.2) is 5.82 Å². The van der Waals surface area contributed by atoms with Gasteiger partial charge in [-0.2, -0.15) is 0 Å². The van der Waals surface area contributed by atoms with E-state index in [1.807, 2.05) is 11.5 Å². The standard InChI is InChI=1S/C24H25N5O4S/c1-3-4-17-32-20-9-11-22(12-10-20)34(30,31)28-19-5-7-21(8-6-19)33-24-14-13-23(26-27-24)29-16-15-25-18(29)2/h5-16,28H,3-4,17H2,1-2H3. The van der Waals surface area contributed by atoms with Crippen LogP contribution < -0.4 is 14.2 Å². The molecule has 0 aliphatic heterocycles. The predicted octanol–water partition coefficient (Wildman–Crippen LogP) is 4.74. The van der Waals surface area contributed by atoms with Gasteiger partial charge in [-0.15, -0.1) is 10.2 Å². The average molecular weight is 480 g/mol. The van der Waals surface area contributed by atoms with E-state index in [1.54, 1.807) is 60.9 Å². The molecule has 2 aromatic carbocycles. The van der Waals surface area contributed by atoms with Crippen LogP contribution in [-0.2, 0) is 10.0 Å². The molecule has 4 aromatic rings. The number of unbranched alkanes of at least 4 members (excludes halogenated alkanes) is 1. The first-order chi connectivity index (χ1) is 16.4. The van der Waals surface area contributed by atoms with Crippen LogP contribution in [0.2, 0.25) is 0 Å². The van der Waals surface area contributed by atoms with Gasteiger partial charge in [-0.1, -0.05) is 13.3 Å². The van der Waals surface area contributed by atoms with Gasteiger partial charge in [0.2, 0.25) is 5.88 Å². The molecule has 2 aromatic heterocycles. The van der Waals surface area contributed by atoms with Crippen molar-refractivity contribution in [2.45, 2.75) is 31.6 Å². The minimum atomic E-state index is -3.73. The number of anilines is 1. The molecule has 0 radical (unpaired) electrons. The zero-order valence-electron chi connectivity index (χ0n) is 18.9. The van der Waals surface area contributed by atoms with E-state index < -0.39 is 10.0 Å². The molecule has 0 saturated carbocycles. The molecule has 2 heterocycles. The van der Waals surface area contributed by atoms with Crippen LogP contribution in [0.15, 0.2) is 78.0 Å². The molecule has 1 N–H and O–H groups in total. The average Bonchev–Trinajstić information content (AvgIpc) is 3.27. The molecule has 0 spiro atoms. The first-order valence-electron chi connectivity index (χ1n) is 10.8. The second kappa shape index (κ2) is 10.3. The van der Waals surface area contributed by atoms with Crippen LogP contribution in [0.5, 0.6) is 17.4 Å². The lowest BCUT2D eigenvalue weighted by Crippen LogP contribution is -2.12. The summed E-state index contributed by atoms with van der Waals surface area (Å²) in [5, 5.41) is 8.23. The van der Waals surface area contributed by atoms with Crippen molar-refractivity contribution in [1.82, 2.24) is 19.7 Å². The number of rotatable bonds is 10. The van der Waals surface area contributed by atoms with E-state index in [0.29, 0.717) is 35.5 Å². The molecule has 0 unspecified atom stereocenters. The van der Waals surface area contributed by atoms with Crippen molar-refractivity contribution >= 4 is 15.7 Å². The van der Waals surface area contributed by atoms with E-state index in [9.17, 15) is 8.42 Å².